The molecule has 0 radical (unpaired) electrons. The Kier molecular flexibility index (Phi) is 4.53. The fourth-order valence-corrected chi connectivity index (χ4v) is 3.78. The third-order valence-corrected chi connectivity index (χ3v) is 4.96. The molecule has 124 valence electrons. The zero-order valence-corrected chi connectivity index (χ0v) is 13.5. The van der Waals surface area contributed by atoms with Crippen molar-refractivity contribution in [3.63, 3.8) is 0 Å². The Morgan fingerprint density at radius 3 is 2.29 bits per heavy atom. The summed E-state index contributed by atoms with van der Waals surface area (Å²) in [6.07, 6.45) is -1.33. The molecule has 3 aromatic carbocycles. The van der Waals surface area contributed by atoms with Crippen molar-refractivity contribution in [2.45, 2.75) is 11.0 Å². The molecule has 3 rings (SSSR count). The van der Waals surface area contributed by atoms with Gasteiger partial charge in [-0.2, -0.15) is 8.42 Å². The largest absolute Gasteiger partial charge is 0.393 e. The van der Waals surface area contributed by atoms with Crippen molar-refractivity contribution in [3.8, 4) is 5.75 Å². The van der Waals surface area contributed by atoms with Gasteiger partial charge < -0.3 is 14.4 Å². The molecular weight excluding hydrogens is 328 g/mol. The number of benzene rings is 3. The summed E-state index contributed by atoms with van der Waals surface area (Å²) in [4.78, 5) is -0.161. The molecule has 0 aromatic heterocycles. The molecule has 5 nitrogen and oxygen atoms in total. The monoisotopic (exact) mass is 344 g/mol. The second kappa shape index (κ2) is 6.60. The summed E-state index contributed by atoms with van der Waals surface area (Å²) < 4.78 is 30.5. The van der Waals surface area contributed by atoms with Crippen LogP contribution in [0.3, 0.4) is 0 Å². The van der Waals surface area contributed by atoms with Crippen molar-refractivity contribution in [2.24, 2.45) is 0 Å². The molecule has 6 heteroatoms. The molecule has 1 unspecified atom stereocenters. The van der Waals surface area contributed by atoms with E-state index in [4.69, 9.17) is 4.18 Å². The van der Waals surface area contributed by atoms with Crippen molar-refractivity contribution in [3.05, 3.63) is 72.3 Å². The summed E-state index contributed by atoms with van der Waals surface area (Å²) in [5.74, 6) is 0.176. The van der Waals surface area contributed by atoms with Crippen molar-refractivity contribution in [1.82, 2.24) is 0 Å². The number of rotatable bonds is 5. The minimum absolute atomic E-state index is 0.131. The van der Waals surface area contributed by atoms with Crippen molar-refractivity contribution >= 4 is 20.9 Å². The summed E-state index contributed by atoms with van der Waals surface area (Å²) in [5.41, 5.74) is 0.131. The van der Waals surface area contributed by atoms with Gasteiger partial charge in [0.15, 0.2) is 0 Å². The Morgan fingerprint density at radius 1 is 0.917 bits per heavy atom. The van der Waals surface area contributed by atoms with Crippen LogP contribution in [0.1, 0.15) is 11.7 Å². The van der Waals surface area contributed by atoms with Crippen LogP contribution in [0.5, 0.6) is 5.75 Å². The van der Waals surface area contributed by atoms with Gasteiger partial charge in [0.1, 0.15) is 16.7 Å². The lowest BCUT2D eigenvalue weighted by atomic mass is 10.0. The van der Waals surface area contributed by atoms with Crippen molar-refractivity contribution in [1.29, 1.82) is 0 Å². The van der Waals surface area contributed by atoms with E-state index in [2.05, 4.69) is 0 Å². The van der Waals surface area contributed by atoms with Gasteiger partial charge in [-0.05, 0) is 29.0 Å². The maximum absolute atomic E-state index is 12.7. The second-order valence-corrected chi connectivity index (χ2v) is 6.76. The Hall–Kier alpha value is -2.41. The number of hydrogen-bond acceptors (Lipinski definition) is 5. The number of para-hydroxylation sites is 1. The molecule has 0 aliphatic heterocycles. The third kappa shape index (κ3) is 3.12. The highest BCUT2D eigenvalue weighted by molar-refractivity contribution is 7.87. The van der Waals surface area contributed by atoms with Crippen LogP contribution in [0, 0.1) is 0 Å². The lowest BCUT2D eigenvalue weighted by molar-refractivity contribution is 0.0945. The van der Waals surface area contributed by atoms with E-state index in [9.17, 15) is 18.6 Å². The second-order valence-electron chi connectivity index (χ2n) is 5.25. The summed E-state index contributed by atoms with van der Waals surface area (Å²) in [5, 5.41) is 20.8. The van der Waals surface area contributed by atoms with Crippen LogP contribution in [-0.2, 0) is 10.1 Å². The molecule has 2 N–H and O–H groups in total. The quantitative estimate of drug-likeness (QED) is 0.695. The van der Waals surface area contributed by atoms with Gasteiger partial charge in [0.2, 0.25) is 0 Å². The standard InChI is InChI=1S/C18H16O5S/c19-12-16(20)18-15-9-5-4-6-13(15)10-11-17(18)24(21,22)23-14-7-2-1-3-8-14/h1-11,16,19-20H,12H2. The molecule has 0 saturated heterocycles. The van der Waals surface area contributed by atoms with Crippen LogP contribution in [0.4, 0.5) is 0 Å². The normalized spacial score (nSPS) is 12.9. The average Bonchev–Trinajstić information content (AvgIpc) is 2.60. The first-order valence-electron chi connectivity index (χ1n) is 7.33. The van der Waals surface area contributed by atoms with Gasteiger partial charge >= 0.3 is 10.1 Å². The summed E-state index contributed by atoms with van der Waals surface area (Å²) in [6.45, 7) is -0.595. The van der Waals surface area contributed by atoms with Gasteiger partial charge in [0.25, 0.3) is 0 Å². The predicted molar refractivity (Wildman–Crippen MR) is 90.2 cm³/mol. The number of fused-ring (bicyclic) bond motifs is 1. The smallest absolute Gasteiger partial charge is 0.339 e. The highest BCUT2D eigenvalue weighted by atomic mass is 32.2. The highest BCUT2D eigenvalue weighted by Crippen LogP contribution is 2.32. The minimum Gasteiger partial charge on any atom is -0.393 e. The molecule has 3 aromatic rings. The van der Waals surface area contributed by atoms with E-state index in [1.807, 2.05) is 6.07 Å². The molecule has 0 saturated carbocycles. The number of aliphatic hydroxyl groups excluding tert-OH is 2. The van der Waals surface area contributed by atoms with Crippen LogP contribution >= 0.6 is 0 Å². The van der Waals surface area contributed by atoms with Crippen molar-refractivity contribution < 1.29 is 22.8 Å². The Morgan fingerprint density at radius 2 is 1.58 bits per heavy atom. The maximum atomic E-state index is 12.7. The SMILES string of the molecule is O=S(=O)(Oc1ccccc1)c1ccc2ccccc2c1C(O)CO. The van der Waals surface area contributed by atoms with E-state index in [-0.39, 0.29) is 16.2 Å². The molecule has 0 spiro atoms. The van der Waals surface area contributed by atoms with E-state index >= 15 is 0 Å². The molecular formula is C18H16O5S. The molecule has 0 aliphatic rings. The average molecular weight is 344 g/mol. The number of aliphatic hydroxyl groups is 2. The van der Waals surface area contributed by atoms with Crippen LogP contribution in [0.25, 0.3) is 10.8 Å². The topological polar surface area (TPSA) is 83.8 Å². The zero-order chi connectivity index (χ0) is 17.2. The first-order chi connectivity index (χ1) is 11.5. The van der Waals surface area contributed by atoms with Crippen molar-refractivity contribution in [2.75, 3.05) is 6.61 Å². The van der Waals surface area contributed by atoms with Crippen LogP contribution in [-0.4, -0.2) is 25.2 Å². The fourth-order valence-electron chi connectivity index (χ4n) is 2.58. The Labute approximate surface area is 139 Å². The van der Waals surface area contributed by atoms with Gasteiger partial charge in [0.05, 0.1) is 6.61 Å². The molecule has 0 fully saturated rings. The van der Waals surface area contributed by atoms with Gasteiger partial charge in [0, 0.05) is 5.56 Å². The van der Waals surface area contributed by atoms with E-state index in [0.717, 1.165) is 5.39 Å². The lowest BCUT2D eigenvalue weighted by Crippen LogP contribution is -2.16. The van der Waals surface area contributed by atoms with Crippen LogP contribution in [0.15, 0.2) is 71.6 Å². The molecule has 0 aliphatic carbocycles. The van der Waals surface area contributed by atoms with E-state index in [1.165, 1.54) is 18.2 Å². The lowest BCUT2D eigenvalue weighted by Gasteiger charge is -2.17. The number of hydrogen-bond donors (Lipinski definition) is 2. The van der Waals surface area contributed by atoms with Gasteiger partial charge in [-0.25, -0.2) is 0 Å². The minimum atomic E-state index is -4.16. The van der Waals surface area contributed by atoms with Gasteiger partial charge in [-0.15, -0.1) is 0 Å². The van der Waals surface area contributed by atoms with Crippen LogP contribution in [0.2, 0.25) is 0 Å². The molecule has 1 atom stereocenters. The van der Waals surface area contributed by atoms with E-state index < -0.39 is 22.8 Å². The Bertz CT molecular complexity index is 952. The van der Waals surface area contributed by atoms with Gasteiger partial charge in [-0.1, -0.05) is 48.5 Å². The highest BCUT2D eigenvalue weighted by Gasteiger charge is 2.26. The summed E-state index contributed by atoms with van der Waals surface area (Å²) >= 11 is 0. The summed E-state index contributed by atoms with van der Waals surface area (Å²) in [6, 6.07) is 18.2. The first kappa shape index (κ1) is 16.4. The maximum Gasteiger partial charge on any atom is 0.339 e. The Balaban J connectivity index is 2.18. The van der Waals surface area contributed by atoms with E-state index in [1.54, 1.807) is 42.5 Å². The summed E-state index contributed by atoms with van der Waals surface area (Å²) in [7, 11) is -4.16. The molecule has 0 bridgehead atoms. The molecule has 0 heterocycles. The third-order valence-electron chi connectivity index (χ3n) is 3.66. The zero-order valence-electron chi connectivity index (χ0n) is 12.7. The van der Waals surface area contributed by atoms with E-state index in [0.29, 0.717) is 5.39 Å². The first-order valence-corrected chi connectivity index (χ1v) is 8.74. The molecule has 0 amide bonds. The predicted octanol–water partition coefficient (Wildman–Crippen LogP) is 2.63. The van der Waals surface area contributed by atoms with Gasteiger partial charge in [-0.3, -0.25) is 0 Å². The molecule has 24 heavy (non-hydrogen) atoms. The van der Waals surface area contributed by atoms with Crippen LogP contribution < -0.4 is 4.18 Å². The fraction of sp³-hybridized carbons (Fsp3) is 0.111.